The van der Waals surface area contributed by atoms with E-state index in [0.29, 0.717) is 0 Å². The van der Waals surface area contributed by atoms with E-state index < -0.39 is 12.3 Å². The van der Waals surface area contributed by atoms with Crippen molar-refractivity contribution in [2.24, 2.45) is 0 Å². The van der Waals surface area contributed by atoms with Crippen LogP contribution in [-0.4, -0.2) is 18.5 Å². The minimum atomic E-state index is -5.75. The molecular formula is C3H3F5O2S. The molecule has 0 atom stereocenters. The van der Waals surface area contributed by atoms with Gasteiger partial charge in [0, 0.05) is 18.3 Å². The molecule has 0 saturated heterocycles. The van der Waals surface area contributed by atoms with Gasteiger partial charge in [-0.15, -0.1) is 4.89 Å². The molecule has 0 aromatic heterocycles. The summed E-state index contributed by atoms with van der Waals surface area (Å²) >= 11 is 0.242. The first-order valence-corrected chi connectivity index (χ1v) is 3.29. The molecule has 0 heterocycles. The Morgan fingerprint density at radius 2 is 1.55 bits per heavy atom. The quantitative estimate of drug-likeness (QED) is 0.300. The van der Waals surface area contributed by atoms with Crippen molar-refractivity contribution in [3.63, 3.8) is 0 Å². The molecule has 0 radical (unpaired) electrons. The topological polar surface area (TPSA) is 18.5 Å². The second-order valence-electron chi connectivity index (χ2n) is 1.33. The Bertz CT molecular complexity index is 123. The predicted molar refractivity (Wildman–Crippen MR) is 26.7 cm³/mol. The molecule has 0 rings (SSSR count). The zero-order chi connectivity index (χ0) is 9.12. The highest BCUT2D eigenvalue weighted by Crippen LogP contribution is 2.36. The van der Waals surface area contributed by atoms with Crippen molar-refractivity contribution in [3.8, 4) is 0 Å². The largest absolute Gasteiger partial charge is 0.485 e. The number of hydrogen-bond donors (Lipinski definition) is 0. The highest BCUT2D eigenvalue weighted by molar-refractivity contribution is 7.93. The van der Waals surface area contributed by atoms with Gasteiger partial charge in [0.1, 0.15) is 0 Å². The number of rotatable bonds is 3. The fourth-order valence-electron chi connectivity index (χ4n) is 0.124. The highest BCUT2D eigenvalue weighted by Gasteiger charge is 2.61. The summed E-state index contributed by atoms with van der Waals surface area (Å²) < 4.78 is 60.2. The lowest BCUT2D eigenvalue weighted by Crippen LogP contribution is -2.38. The lowest BCUT2D eigenvalue weighted by molar-refractivity contribution is -0.470. The summed E-state index contributed by atoms with van der Waals surface area (Å²) in [5.74, 6) is 0. The molecule has 0 aliphatic carbocycles. The summed E-state index contributed by atoms with van der Waals surface area (Å²) in [5, 5.41) is 0. The summed E-state index contributed by atoms with van der Waals surface area (Å²) in [5.41, 5.74) is 0. The Labute approximate surface area is 62.8 Å². The van der Waals surface area contributed by atoms with Crippen molar-refractivity contribution >= 4 is 12.0 Å². The van der Waals surface area contributed by atoms with Gasteiger partial charge < -0.3 is 0 Å². The number of alkyl halides is 5. The summed E-state index contributed by atoms with van der Waals surface area (Å²) in [6, 6.07) is 0. The minimum absolute atomic E-state index is 0.242. The van der Waals surface area contributed by atoms with Gasteiger partial charge in [-0.1, -0.05) is 0 Å². The molecule has 0 fully saturated rings. The Morgan fingerprint density at radius 1 is 1.09 bits per heavy atom. The van der Waals surface area contributed by atoms with Crippen LogP contribution in [0.25, 0.3) is 0 Å². The molecule has 2 nitrogen and oxygen atoms in total. The third kappa shape index (κ3) is 3.21. The van der Waals surface area contributed by atoms with Gasteiger partial charge in [0.25, 0.3) is 0 Å². The van der Waals surface area contributed by atoms with E-state index >= 15 is 0 Å². The van der Waals surface area contributed by atoms with E-state index in [4.69, 9.17) is 0 Å². The standard InChI is InChI=1S/C3H3F5O2S/c1-11-10-9-3(7,8)2(4,5)6/h1H3. The first-order valence-electron chi connectivity index (χ1n) is 2.14. The fraction of sp³-hybridized carbons (Fsp3) is 1.00. The molecule has 0 aliphatic rings. The van der Waals surface area contributed by atoms with Gasteiger partial charge in [0.2, 0.25) is 0 Å². The first-order chi connectivity index (χ1) is 4.81. The molecule has 0 amide bonds. The van der Waals surface area contributed by atoms with E-state index in [1.54, 1.807) is 0 Å². The van der Waals surface area contributed by atoms with Gasteiger partial charge in [-0.25, -0.2) is 0 Å². The molecule has 68 valence electrons. The normalized spacial score (nSPS) is 13.6. The lowest BCUT2D eigenvalue weighted by Gasteiger charge is -2.16. The summed E-state index contributed by atoms with van der Waals surface area (Å²) in [6.07, 6.45) is -9.87. The van der Waals surface area contributed by atoms with Crippen LogP contribution in [0.5, 0.6) is 0 Å². The van der Waals surface area contributed by atoms with Crippen LogP contribution in [0.3, 0.4) is 0 Å². The second kappa shape index (κ2) is 3.55. The van der Waals surface area contributed by atoms with Crippen LogP contribution in [0.15, 0.2) is 0 Å². The van der Waals surface area contributed by atoms with E-state index in [1.807, 2.05) is 0 Å². The van der Waals surface area contributed by atoms with E-state index in [9.17, 15) is 22.0 Å². The molecule has 0 aromatic carbocycles. The minimum Gasteiger partial charge on any atom is -0.164 e. The van der Waals surface area contributed by atoms with Crippen LogP contribution in [0.1, 0.15) is 0 Å². The van der Waals surface area contributed by atoms with Gasteiger partial charge in [-0.05, 0) is 0 Å². The Morgan fingerprint density at radius 3 is 1.82 bits per heavy atom. The summed E-state index contributed by atoms with van der Waals surface area (Å²) in [4.78, 5) is 2.75. The molecule has 0 saturated carbocycles. The molecule has 0 bridgehead atoms. The van der Waals surface area contributed by atoms with Crippen LogP contribution < -0.4 is 0 Å². The fourth-order valence-corrected chi connectivity index (χ4v) is 0.277. The smallest absolute Gasteiger partial charge is 0.164 e. The summed E-state index contributed by atoms with van der Waals surface area (Å²) in [7, 11) is 0. The van der Waals surface area contributed by atoms with Crippen molar-refractivity contribution < 1.29 is 31.2 Å². The monoisotopic (exact) mass is 198 g/mol. The van der Waals surface area contributed by atoms with Crippen molar-refractivity contribution in [3.05, 3.63) is 0 Å². The molecule has 0 aromatic rings. The van der Waals surface area contributed by atoms with Crippen LogP contribution in [0.2, 0.25) is 0 Å². The lowest BCUT2D eigenvalue weighted by atomic mass is 10.6. The molecule has 0 N–H and O–H groups in total. The third-order valence-corrected chi connectivity index (χ3v) is 0.741. The predicted octanol–water partition coefficient (Wildman–Crippen LogP) is 2.37. The zero-order valence-electron chi connectivity index (χ0n) is 5.11. The maximum atomic E-state index is 11.6. The average molecular weight is 198 g/mol. The van der Waals surface area contributed by atoms with Crippen LogP contribution >= 0.6 is 12.0 Å². The Kier molecular flexibility index (Phi) is 3.52. The van der Waals surface area contributed by atoms with Crippen molar-refractivity contribution in [2.75, 3.05) is 6.26 Å². The van der Waals surface area contributed by atoms with Crippen LogP contribution in [0, 0.1) is 0 Å². The van der Waals surface area contributed by atoms with Gasteiger partial charge >= 0.3 is 12.3 Å². The molecule has 0 spiro atoms. The SMILES string of the molecule is CSOOC(F)(F)C(F)(F)F. The van der Waals surface area contributed by atoms with E-state index in [-0.39, 0.29) is 12.0 Å². The average Bonchev–Trinajstić information content (AvgIpc) is 1.81. The van der Waals surface area contributed by atoms with Crippen LogP contribution in [0.4, 0.5) is 22.0 Å². The maximum absolute atomic E-state index is 11.6. The third-order valence-electron chi connectivity index (χ3n) is 0.537. The van der Waals surface area contributed by atoms with Gasteiger partial charge in [-0.3, -0.25) is 0 Å². The molecule has 8 heteroatoms. The van der Waals surface area contributed by atoms with Gasteiger partial charge in [0.15, 0.2) is 0 Å². The van der Waals surface area contributed by atoms with E-state index in [0.717, 1.165) is 6.26 Å². The van der Waals surface area contributed by atoms with Crippen LogP contribution in [-0.2, 0) is 9.22 Å². The maximum Gasteiger partial charge on any atom is 0.485 e. The Balaban J connectivity index is 4.00. The first kappa shape index (κ1) is 10.9. The van der Waals surface area contributed by atoms with Crippen molar-refractivity contribution in [1.82, 2.24) is 0 Å². The van der Waals surface area contributed by atoms with Gasteiger partial charge in [-0.2, -0.15) is 26.3 Å². The number of hydrogen-bond acceptors (Lipinski definition) is 3. The number of halogens is 5. The molecule has 11 heavy (non-hydrogen) atoms. The zero-order valence-corrected chi connectivity index (χ0v) is 5.93. The van der Waals surface area contributed by atoms with Gasteiger partial charge in [0.05, 0.1) is 0 Å². The molecular weight excluding hydrogens is 195 g/mol. The van der Waals surface area contributed by atoms with Crippen molar-refractivity contribution in [1.29, 1.82) is 0 Å². The molecule has 0 aliphatic heterocycles. The highest BCUT2D eigenvalue weighted by atomic mass is 32.2. The van der Waals surface area contributed by atoms with E-state index in [1.165, 1.54) is 0 Å². The summed E-state index contributed by atoms with van der Waals surface area (Å²) in [6.45, 7) is 0. The van der Waals surface area contributed by atoms with E-state index in [2.05, 4.69) is 9.22 Å². The molecule has 0 unspecified atom stereocenters. The second-order valence-corrected chi connectivity index (χ2v) is 1.80. The van der Waals surface area contributed by atoms with Crippen molar-refractivity contribution in [2.45, 2.75) is 12.3 Å². The Hall–Kier alpha value is -0.0800.